The number of rotatable bonds is 3. The van der Waals surface area contributed by atoms with Crippen molar-refractivity contribution in [2.45, 2.75) is 11.3 Å². The van der Waals surface area contributed by atoms with Crippen molar-refractivity contribution in [1.29, 1.82) is 0 Å². The van der Waals surface area contributed by atoms with Gasteiger partial charge < -0.3 is 0 Å². The minimum Gasteiger partial charge on any atom is -0.298 e. The number of hydrogen-bond acceptors (Lipinski definition) is 2. The summed E-state index contributed by atoms with van der Waals surface area (Å²) >= 11 is 10.7. The van der Waals surface area contributed by atoms with Crippen LogP contribution in [0.15, 0.2) is 27.6 Å². The van der Waals surface area contributed by atoms with Crippen LogP contribution in [0.2, 0.25) is 0 Å². The van der Waals surface area contributed by atoms with E-state index in [9.17, 15) is 4.79 Å². The van der Waals surface area contributed by atoms with Crippen molar-refractivity contribution in [2.24, 2.45) is 0 Å². The Bertz CT molecular complexity index is 325. The van der Waals surface area contributed by atoms with Crippen LogP contribution in [0.25, 0.3) is 0 Å². The van der Waals surface area contributed by atoms with Crippen LogP contribution >= 0.6 is 44.5 Å². The molecule has 0 heterocycles. The Morgan fingerprint density at radius 3 is 2.77 bits per heavy atom. The van der Waals surface area contributed by atoms with Gasteiger partial charge in [0.15, 0.2) is 0 Å². The number of benzene rings is 1. The molecule has 1 aromatic carbocycles. The Kier molecular flexibility index (Phi) is 4.49. The molecule has 0 bridgehead atoms. The second-order valence-corrected chi connectivity index (χ2v) is 4.56. The molecule has 0 aliphatic heterocycles. The second-order valence-electron chi connectivity index (χ2n) is 2.62. The van der Waals surface area contributed by atoms with Crippen LogP contribution in [-0.2, 0) is 11.2 Å². The lowest BCUT2D eigenvalue weighted by molar-refractivity contribution is -0.115. The van der Waals surface area contributed by atoms with E-state index in [4.69, 9.17) is 0 Å². The van der Waals surface area contributed by atoms with E-state index in [0.29, 0.717) is 11.8 Å². The van der Waals surface area contributed by atoms with Gasteiger partial charge in [0.2, 0.25) is 0 Å². The molecule has 0 radical (unpaired) electrons. The molecule has 0 aliphatic rings. The highest BCUT2D eigenvalue weighted by Crippen LogP contribution is 2.20. The molecule has 0 saturated heterocycles. The molecule has 4 heteroatoms. The highest BCUT2D eigenvalue weighted by molar-refractivity contribution is 9.10. The molecule has 0 unspecified atom stereocenters. The van der Waals surface area contributed by atoms with Crippen LogP contribution in [0.3, 0.4) is 0 Å². The molecule has 70 valence electrons. The number of carbonyl (C=O) groups excluding carboxylic acids is 1. The molecule has 0 saturated carbocycles. The number of hydrogen-bond donors (Lipinski definition) is 1. The Morgan fingerprint density at radius 1 is 1.46 bits per heavy atom. The van der Waals surface area contributed by atoms with Crippen molar-refractivity contribution in [3.8, 4) is 0 Å². The van der Waals surface area contributed by atoms with Crippen molar-refractivity contribution in [1.82, 2.24) is 0 Å². The molecular weight excluding hydrogens is 316 g/mol. The molecule has 0 amide bonds. The fraction of sp³-hybridized carbons (Fsp3) is 0.222. The predicted octanol–water partition coefficient (Wildman–Crippen LogP) is 3.24. The normalized spacial score (nSPS) is 10.1. The Morgan fingerprint density at radius 2 is 2.15 bits per heavy atom. The van der Waals surface area contributed by atoms with Gasteiger partial charge in [0.05, 0.1) is 5.33 Å². The Hall–Kier alpha value is 0.200. The van der Waals surface area contributed by atoms with Gasteiger partial charge in [-0.05, 0) is 23.8 Å². The monoisotopic (exact) mass is 322 g/mol. The van der Waals surface area contributed by atoms with Crippen LogP contribution in [0, 0.1) is 0 Å². The van der Waals surface area contributed by atoms with Gasteiger partial charge in [-0.2, -0.15) is 0 Å². The summed E-state index contributed by atoms with van der Waals surface area (Å²) in [6.07, 6.45) is 0.445. The zero-order chi connectivity index (χ0) is 9.84. The molecule has 0 aromatic heterocycles. The molecule has 0 fully saturated rings. The molecule has 0 aliphatic carbocycles. The SMILES string of the molecule is O=C(CBr)Cc1cc(S)ccc1Br. The van der Waals surface area contributed by atoms with Crippen molar-refractivity contribution in [2.75, 3.05) is 5.33 Å². The first-order valence-electron chi connectivity index (χ1n) is 3.68. The summed E-state index contributed by atoms with van der Waals surface area (Å²) in [5, 5.41) is 0.399. The summed E-state index contributed by atoms with van der Waals surface area (Å²) in [7, 11) is 0. The van der Waals surface area contributed by atoms with Gasteiger partial charge in [-0.1, -0.05) is 31.9 Å². The Labute approximate surface area is 99.6 Å². The van der Waals surface area contributed by atoms with Crippen LogP contribution < -0.4 is 0 Å². The largest absolute Gasteiger partial charge is 0.298 e. The van der Waals surface area contributed by atoms with Gasteiger partial charge in [-0.3, -0.25) is 4.79 Å². The summed E-state index contributed by atoms with van der Waals surface area (Å²) in [4.78, 5) is 12.0. The molecule has 1 rings (SSSR count). The quantitative estimate of drug-likeness (QED) is 0.667. The average Bonchev–Trinajstić information content (AvgIpc) is 2.11. The lowest BCUT2D eigenvalue weighted by Crippen LogP contribution is -2.03. The number of Topliss-reactive ketones (excluding diaryl/α,β-unsaturated/α-hetero) is 1. The molecular formula is C9H8Br2OS. The van der Waals surface area contributed by atoms with E-state index in [2.05, 4.69) is 44.5 Å². The minimum absolute atomic E-state index is 0.166. The summed E-state index contributed by atoms with van der Waals surface area (Å²) < 4.78 is 0.958. The number of alkyl halides is 1. The minimum atomic E-state index is 0.166. The summed E-state index contributed by atoms with van der Waals surface area (Å²) in [5.74, 6) is 0.166. The highest BCUT2D eigenvalue weighted by atomic mass is 79.9. The second kappa shape index (κ2) is 5.17. The standard InChI is InChI=1S/C9H8Br2OS/c10-5-7(12)3-6-4-8(13)1-2-9(6)11/h1-2,4,13H,3,5H2. The zero-order valence-corrected chi connectivity index (χ0v) is 10.8. The summed E-state index contributed by atoms with van der Waals surface area (Å²) in [5.41, 5.74) is 0.983. The van der Waals surface area contributed by atoms with E-state index >= 15 is 0 Å². The number of halogens is 2. The van der Waals surface area contributed by atoms with Gasteiger partial charge in [-0.25, -0.2) is 0 Å². The molecule has 0 N–H and O–H groups in total. The van der Waals surface area contributed by atoms with Crippen LogP contribution in [0.4, 0.5) is 0 Å². The smallest absolute Gasteiger partial charge is 0.147 e. The van der Waals surface area contributed by atoms with Gasteiger partial charge in [0.25, 0.3) is 0 Å². The number of ketones is 1. The van der Waals surface area contributed by atoms with E-state index in [1.807, 2.05) is 18.2 Å². The van der Waals surface area contributed by atoms with Crippen molar-refractivity contribution >= 4 is 50.3 Å². The number of thiol groups is 1. The first-order chi connectivity index (χ1) is 6.13. The number of carbonyl (C=O) groups is 1. The zero-order valence-electron chi connectivity index (χ0n) is 6.76. The average molecular weight is 324 g/mol. The van der Waals surface area contributed by atoms with Crippen molar-refractivity contribution in [3.63, 3.8) is 0 Å². The van der Waals surface area contributed by atoms with Gasteiger partial charge in [0, 0.05) is 15.8 Å². The van der Waals surface area contributed by atoms with Crippen molar-refractivity contribution < 1.29 is 4.79 Å². The van der Waals surface area contributed by atoms with Crippen LogP contribution in [0.1, 0.15) is 5.56 Å². The molecule has 0 spiro atoms. The molecule has 13 heavy (non-hydrogen) atoms. The predicted molar refractivity (Wildman–Crippen MR) is 63.9 cm³/mol. The lowest BCUT2D eigenvalue weighted by atomic mass is 10.1. The van der Waals surface area contributed by atoms with Crippen LogP contribution in [0.5, 0.6) is 0 Å². The first-order valence-corrected chi connectivity index (χ1v) is 6.04. The van der Waals surface area contributed by atoms with E-state index < -0.39 is 0 Å². The third-order valence-electron chi connectivity index (χ3n) is 1.57. The van der Waals surface area contributed by atoms with E-state index in [-0.39, 0.29) is 5.78 Å². The molecule has 1 nitrogen and oxygen atoms in total. The van der Waals surface area contributed by atoms with Gasteiger partial charge in [0.1, 0.15) is 5.78 Å². The van der Waals surface area contributed by atoms with E-state index in [0.717, 1.165) is 14.9 Å². The summed E-state index contributed by atoms with van der Waals surface area (Å²) in [6, 6.07) is 5.68. The third kappa shape index (κ3) is 3.44. The van der Waals surface area contributed by atoms with E-state index in [1.54, 1.807) is 0 Å². The lowest BCUT2D eigenvalue weighted by Gasteiger charge is -2.03. The molecule has 0 atom stereocenters. The topological polar surface area (TPSA) is 17.1 Å². The third-order valence-corrected chi connectivity index (χ3v) is 3.24. The van der Waals surface area contributed by atoms with Crippen molar-refractivity contribution in [3.05, 3.63) is 28.2 Å². The van der Waals surface area contributed by atoms with E-state index in [1.165, 1.54) is 0 Å². The van der Waals surface area contributed by atoms with Gasteiger partial charge >= 0.3 is 0 Å². The van der Waals surface area contributed by atoms with Gasteiger partial charge in [-0.15, -0.1) is 12.6 Å². The maximum Gasteiger partial charge on any atom is 0.147 e. The Balaban J connectivity index is 2.87. The molecule has 1 aromatic rings. The van der Waals surface area contributed by atoms with Crippen LogP contribution in [-0.4, -0.2) is 11.1 Å². The fourth-order valence-corrected chi connectivity index (χ4v) is 1.77. The maximum absolute atomic E-state index is 11.2. The fourth-order valence-electron chi connectivity index (χ4n) is 0.956. The maximum atomic E-state index is 11.2. The first kappa shape index (κ1) is 11.3. The summed E-state index contributed by atoms with van der Waals surface area (Å²) in [6.45, 7) is 0. The highest BCUT2D eigenvalue weighted by Gasteiger charge is 2.05.